The Morgan fingerprint density at radius 1 is 0.914 bits per heavy atom. The first-order valence-electron chi connectivity index (χ1n) is 12.1. The molecule has 0 aliphatic rings. The van der Waals surface area contributed by atoms with Crippen LogP contribution in [0.5, 0.6) is 0 Å². The smallest absolute Gasteiger partial charge is 0.246 e. The highest BCUT2D eigenvalue weighted by Crippen LogP contribution is 2.19. The van der Waals surface area contributed by atoms with Gasteiger partial charge in [-0.2, -0.15) is 0 Å². The summed E-state index contributed by atoms with van der Waals surface area (Å²) in [6, 6.07) is 23.8. The minimum absolute atomic E-state index is 0.0718. The van der Waals surface area contributed by atoms with Gasteiger partial charge in [0, 0.05) is 32.6 Å². The number of carbonyl (C=O) groups is 2. The first kappa shape index (κ1) is 26.2. The third-order valence-electron chi connectivity index (χ3n) is 6.20. The highest BCUT2D eigenvalue weighted by Gasteiger charge is 2.29. The van der Waals surface area contributed by atoms with E-state index in [1.54, 1.807) is 22.9 Å². The molecule has 0 radical (unpaired) electrons. The van der Waals surface area contributed by atoms with E-state index in [1.165, 1.54) is 11.6 Å². The van der Waals surface area contributed by atoms with Crippen molar-refractivity contribution in [3.05, 3.63) is 96.1 Å². The number of rotatable bonds is 10. The van der Waals surface area contributed by atoms with E-state index in [9.17, 15) is 9.59 Å². The Balaban J connectivity index is 1.80. The van der Waals surface area contributed by atoms with Crippen LogP contribution in [-0.2, 0) is 22.4 Å². The molecule has 2 amide bonds. The van der Waals surface area contributed by atoms with Crippen LogP contribution in [0.4, 0.5) is 0 Å². The summed E-state index contributed by atoms with van der Waals surface area (Å²) in [5.74, 6) is -0.276. The summed E-state index contributed by atoms with van der Waals surface area (Å²) >= 11 is 0. The van der Waals surface area contributed by atoms with Crippen LogP contribution in [0.3, 0.4) is 0 Å². The summed E-state index contributed by atoms with van der Waals surface area (Å²) in [4.78, 5) is 29.9. The number of nitrogens with zero attached hydrogens (tertiary/aromatic N) is 2. The molecule has 0 saturated heterocycles. The van der Waals surface area contributed by atoms with Crippen LogP contribution in [0.2, 0.25) is 0 Å². The number of nitrogens with two attached hydrogens (primary N) is 1. The van der Waals surface area contributed by atoms with E-state index in [2.05, 4.69) is 36.4 Å². The zero-order valence-electron chi connectivity index (χ0n) is 21.3. The maximum Gasteiger partial charge on any atom is 0.246 e. The SMILES string of the molecule is CN(CCc1ccccc1)C(=O)[C@@H](Cc1ccc2ccccc2c1)N(C)C(=O)C=CCC(C)(C)N. The monoisotopic (exact) mass is 471 g/mol. The summed E-state index contributed by atoms with van der Waals surface area (Å²) in [5, 5.41) is 2.27. The lowest BCUT2D eigenvalue weighted by atomic mass is 9.99. The summed E-state index contributed by atoms with van der Waals surface area (Å²) in [6.45, 7) is 4.41. The fraction of sp³-hybridized carbons (Fsp3) is 0.333. The zero-order chi connectivity index (χ0) is 25.4. The standard InChI is InChI=1S/C30H37N3O2/c1-30(2,31)19-10-15-28(34)33(4)27(22-24-16-17-25-13-8-9-14-26(25)21-24)29(35)32(3)20-18-23-11-6-5-7-12-23/h5-17,21,27H,18-20,22,31H2,1-4H3/t27-/m1/s1. The molecule has 3 aromatic carbocycles. The maximum atomic E-state index is 13.6. The molecule has 0 heterocycles. The van der Waals surface area contributed by atoms with Crippen molar-refractivity contribution >= 4 is 22.6 Å². The van der Waals surface area contributed by atoms with Gasteiger partial charge in [-0.15, -0.1) is 0 Å². The number of fused-ring (bicyclic) bond motifs is 1. The predicted molar refractivity (Wildman–Crippen MR) is 144 cm³/mol. The first-order chi connectivity index (χ1) is 16.6. The molecule has 3 aromatic rings. The zero-order valence-corrected chi connectivity index (χ0v) is 21.3. The summed E-state index contributed by atoms with van der Waals surface area (Å²) in [5.41, 5.74) is 7.84. The van der Waals surface area contributed by atoms with Crippen LogP contribution in [0.1, 0.15) is 31.4 Å². The van der Waals surface area contributed by atoms with Gasteiger partial charge in [0.15, 0.2) is 0 Å². The third kappa shape index (κ3) is 7.79. The second kappa shape index (κ2) is 11.8. The largest absolute Gasteiger partial charge is 0.344 e. The molecule has 0 spiro atoms. The molecule has 0 aliphatic heterocycles. The molecule has 3 rings (SSSR count). The lowest BCUT2D eigenvalue weighted by Crippen LogP contribution is -2.49. The minimum Gasteiger partial charge on any atom is -0.344 e. The Kier molecular flexibility index (Phi) is 8.83. The van der Waals surface area contributed by atoms with E-state index < -0.39 is 11.6 Å². The van der Waals surface area contributed by atoms with Crippen LogP contribution < -0.4 is 5.73 Å². The Hall–Kier alpha value is -3.44. The van der Waals surface area contributed by atoms with Gasteiger partial charge >= 0.3 is 0 Å². The highest BCUT2D eigenvalue weighted by atomic mass is 16.2. The molecule has 35 heavy (non-hydrogen) atoms. The topological polar surface area (TPSA) is 66.6 Å². The average molecular weight is 472 g/mol. The molecule has 0 saturated carbocycles. The molecule has 0 aromatic heterocycles. The van der Waals surface area contributed by atoms with Crippen LogP contribution in [0, 0.1) is 0 Å². The Bertz CT molecular complexity index is 1160. The molecule has 0 aliphatic carbocycles. The minimum atomic E-state index is -0.611. The Morgan fingerprint density at radius 2 is 1.57 bits per heavy atom. The number of benzene rings is 3. The lowest BCUT2D eigenvalue weighted by molar-refractivity contribution is -0.141. The van der Waals surface area contributed by atoms with Crippen molar-refractivity contribution in [1.29, 1.82) is 0 Å². The number of carbonyl (C=O) groups excluding carboxylic acids is 2. The van der Waals surface area contributed by atoms with Crippen LogP contribution in [0.15, 0.2) is 84.9 Å². The van der Waals surface area contributed by atoms with Crippen LogP contribution in [-0.4, -0.2) is 53.8 Å². The molecular formula is C30H37N3O2. The van der Waals surface area contributed by atoms with Crippen molar-refractivity contribution in [3.63, 3.8) is 0 Å². The molecule has 2 N–H and O–H groups in total. The molecule has 5 heteroatoms. The lowest BCUT2D eigenvalue weighted by Gasteiger charge is -2.30. The van der Waals surface area contributed by atoms with Crippen molar-refractivity contribution in [3.8, 4) is 0 Å². The van der Waals surface area contributed by atoms with E-state index in [0.717, 1.165) is 22.8 Å². The molecule has 184 valence electrons. The van der Waals surface area contributed by atoms with Crippen molar-refractivity contribution in [2.75, 3.05) is 20.6 Å². The molecular weight excluding hydrogens is 434 g/mol. The fourth-order valence-corrected chi connectivity index (χ4v) is 4.02. The van der Waals surface area contributed by atoms with E-state index in [4.69, 9.17) is 5.73 Å². The predicted octanol–water partition coefficient (Wildman–Crippen LogP) is 4.59. The quantitative estimate of drug-likeness (QED) is 0.440. The van der Waals surface area contributed by atoms with Crippen molar-refractivity contribution in [2.24, 2.45) is 5.73 Å². The number of likely N-dealkylation sites (N-methyl/N-ethyl adjacent to an activating group) is 2. The fourth-order valence-electron chi connectivity index (χ4n) is 4.02. The van der Waals surface area contributed by atoms with Crippen molar-refractivity contribution < 1.29 is 9.59 Å². The van der Waals surface area contributed by atoms with Gasteiger partial charge in [-0.05, 0) is 54.7 Å². The number of amides is 2. The Morgan fingerprint density at radius 3 is 2.26 bits per heavy atom. The Labute approximate surface area is 209 Å². The van der Waals surface area contributed by atoms with Gasteiger partial charge in [-0.3, -0.25) is 9.59 Å². The molecule has 0 unspecified atom stereocenters. The van der Waals surface area contributed by atoms with Gasteiger partial charge in [0.1, 0.15) is 6.04 Å². The van der Waals surface area contributed by atoms with Gasteiger partial charge in [-0.1, -0.05) is 78.9 Å². The summed E-state index contributed by atoms with van der Waals surface area (Å²) in [6.07, 6.45) is 5.09. The third-order valence-corrected chi connectivity index (χ3v) is 6.20. The number of hydrogen-bond donors (Lipinski definition) is 1. The average Bonchev–Trinajstić information content (AvgIpc) is 2.84. The van der Waals surface area contributed by atoms with E-state index in [1.807, 2.05) is 57.3 Å². The highest BCUT2D eigenvalue weighted by molar-refractivity contribution is 5.93. The van der Waals surface area contributed by atoms with Gasteiger partial charge in [0.05, 0.1) is 0 Å². The van der Waals surface area contributed by atoms with E-state index in [0.29, 0.717) is 19.4 Å². The van der Waals surface area contributed by atoms with Gasteiger partial charge in [0.25, 0.3) is 0 Å². The maximum absolute atomic E-state index is 13.6. The van der Waals surface area contributed by atoms with E-state index >= 15 is 0 Å². The van der Waals surface area contributed by atoms with Gasteiger partial charge < -0.3 is 15.5 Å². The van der Waals surface area contributed by atoms with Crippen LogP contribution in [0.25, 0.3) is 10.8 Å². The second-order valence-electron chi connectivity index (χ2n) is 9.94. The molecule has 0 fully saturated rings. The summed E-state index contributed by atoms with van der Waals surface area (Å²) in [7, 11) is 3.51. The normalized spacial score (nSPS) is 12.6. The second-order valence-corrected chi connectivity index (χ2v) is 9.94. The first-order valence-corrected chi connectivity index (χ1v) is 12.1. The molecule has 0 bridgehead atoms. The van der Waals surface area contributed by atoms with Gasteiger partial charge in [0.2, 0.25) is 11.8 Å². The molecule has 5 nitrogen and oxygen atoms in total. The van der Waals surface area contributed by atoms with Gasteiger partial charge in [-0.25, -0.2) is 0 Å². The van der Waals surface area contributed by atoms with Crippen LogP contribution >= 0.6 is 0 Å². The van der Waals surface area contributed by atoms with E-state index in [-0.39, 0.29) is 11.8 Å². The van der Waals surface area contributed by atoms with Crippen molar-refractivity contribution in [2.45, 2.75) is 44.7 Å². The summed E-state index contributed by atoms with van der Waals surface area (Å²) < 4.78 is 0. The molecule has 1 atom stereocenters. The number of hydrogen-bond acceptors (Lipinski definition) is 3. The van der Waals surface area contributed by atoms with Crippen molar-refractivity contribution in [1.82, 2.24) is 9.80 Å².